The van der Waals surface area contributed by atoms with Gasteiger partial charge in [0.25, 0.3) is 0 Å². The van der Waals surface area contributed by atoms with Gasteiger partial charge in [0.15, 0.2) is 0 Å². The van der Waals surface area contributed by atoms with Crippen LogP contribution in [0.2, 0.25) is 0 Å². The van der Waals surface area contributed by atoms with E-state index in [9.17, 15) is 0 Å². The summed E-state index contributed by atoms with van der Waals surface area (Å²) < 4.78 is 0. The van der Waals surface area contributed by atoms with Crippen molar-refractivity contribution in [2.45, 2.75) is 26.2 Å². The summed E-state index contributed by atoms with van der Waals surface area (Å²) in [6.07, 6.45) is 6.21. The molecule has 3 aromatic carbocycles. The zero-order chi connectivity index (χ0) is 18.1. The Labute approximate surface area is 175 Å². The van der Waals surface area contributed by atoms with E-state index in [0.29, 0.717) is 12.5 Å². The predicted molar refractivity (Wildman–Crippen MR) is 105 cm³/mol. The summed E-state index contributed by atoms with van der Waals surface area (Å²) in [6, 6.07) is 21.5. The molecule has 0 unspecified atom stereocenters. The molecule has 0 aliphatic heterocycles. The second-order valence-electron chi connectivity index (χ2n) is 6.16. The summed E-state index contributed by atoms with van der Waals surface area (Å²) in [4.78, 5) is 0. The van der Waals surface area contributed by atoms with Crippen LogP contribution >= 0.6 is 0 Å². The van der Waals surface area contributed by atoms with Crippen LogP contribution in [0, 0.1) is 12.7 Å². The van der Waals surface area contributed by atoms with Crippen LogP contribution in [0.3, 0.4) is 0 Å². The standard InChI is InChI=1S/C12H13.C9H7.C2H5O2.Hf/c1-9(2)12-7-10-5-3-4-6-11(10)8-12;1-2-5-9-7-3-6-8(9)4-1;3-1-2-4;/h3-9H,1-2H3;1-2,4-6H,7H2;1,3-4H,2H2;/q3*-1;. The first-order valence-electron chi connectivity index (χ1n) is 8.52. The Morgan fingerprint density at radius 2 is 1.77 bits per heavy atom. The van der Waals surface area contributed by atoms with E-state index in [0.717, 1.165) is 6.42 Å². The van der Waals surface area contributed by atoms with Crippen LogP contribution in [-0.4, -0.2) is 16.8 Å². The molecule has 1 aliphatic carbocycles. The number of rotatable bonds is 2. The molecule has 3 aromatic rings. The first-order chi connectivity index (χ1) is 12.2. The third-order valence-electron chi connectivity index (χ3n) is 3.99. The van der Waals surface area contributed by atoms with Crippen molar-refractivity contribution >= 4 is 16.8 Å². The predicted octanol–water partition coefficient (Wildman–Crippen LogP) is 5.25. The number of hydrogen-bond donors (Lipinski definition) is 2. The van der Waals surface area contributed by atoms with Crippen LogP contribution in [-0.2, 0) is 32.3 Å². The Morgan fingerprint density at radius 1 is 1.12 bits per heavy atom. The first-order valence-corrected chi connectivity index (χ1v) is 8.52. The van der Waals surface area contributed by atoms with Gasteiger partial charge in [0.05, 0.1) is 0 Å². The summed E-state index contributed by atoms with van der Waals surface area (Å²) in [5, 5.41) is 17.8. The summed E-state index contributed by atoms with van der Waals surface area (Å²) in [6.45, 7) is 4.89. The molecule has 136 valence electrons. The van der Waals surface area contributed by atoms with Gasteiger partial charge in [-0.1, -0.05) is 44.7 Å². The SMILES string of the molecule is CC(C)c1cc2ccccc2[cH-]1.O[CH-]CO.[C-]1=Cc2ccccc2C1.[Hf]. The van der Waals surface area contributed by atoms with E-state index in [-0.39, 0.29) is 32.5 Å². The van der Waals surface area contributed by atoms with Gasteiger partial charge in [0.1, 0.15) is 0 Å². The van der Waals surface area contributed by atoms with E-state index in [4.69, 9.17) is 10.2 Å². The molecule has 0 saturated carbocycles. The van der Waals surface area contributed by atoms with Crippen molar-refractivity contribution < 1.29 is 36.1 Å². The molecule has 0 spiro atoms. The van der Waals surface area contributed by atoms with Crippen molar-refractivity contribution in [2.24, 2.45) is 0 Å². The molecule has 0 aromatic heterocycles. The smallest absolute Gasteiger partial charge is 0 e. The van der Waals surface area contributed by atoms with Gasteiger partial charge >= 0.3 is 0 Å². The van der Waals surface area contributed by atoms with Gasteiger partial charge in [-0.25, -0.2) is 6.08 Å². The fourth-order valence-electron chi connectivity index (χ4n) is 2.61. The number of aliphatic hydroxyl groups excluding tert-OH is 2. The van der Waals surface area contributed by atoms with Crippen molar-refractivity contribution in [2.75, 3.05) is 6.61 Å². The fourth-order valence-corrected chi connectivity index (χ4v) is 2.61. The number of allylic oxidation sites excluding steroid dienone is 1. The third-order valence-corrected chi connectivity index (χ3v) is 3.99. The van der Waals surface area contributed by atoms with Crippen LogP contribution in [0.15, 0.2) is 60.7 Å². The molecular formula is C23H25HfO2-3. The minimum atomic E-state index is -0.250. The molecule has 4 rings (SSSR count). The Kier molecular flexibility index (Phi) is 10.5. The quantitative estimate of drug-likeness (QED) is 0.364. The van der Waals surface area contributed by atoms with E-state index in [1.54, 1.807) is 0 Å². The molecule has 0 radical (unpaired) electrons. The normalized spacial score (nSPS) is 11.1. The summed E-state index contributed by atoms with van der Waals surface area (Å²) in [7, 11) is 0. The Balaban J connectivity index is 0.000000215. The summed E-state index contributed by atoms with van der Waals surface area (Å²) in [5.74, 6) is 0.636. The Morgan fingerprint density at radius 3 is 2.38 bits per heavy atom. The van der Waals surface area contributed by atoms with Crippen LogP contribution in [0.4, 0.5) is 0 Å². The molecule has 3 heteroatoms. The van der Waals surface area contributed by atoms with Gasteiger partial charge in [-0.05, 0) is 5.92 Å². The molecule has 0 atom stereocenters. The minimum Gasteiger partial charge on any atom is -0.564 e. The zero-order valence-corrected chi connectivity index (χ0v) is 18.9. The summed E-state index contributed by atoms with van der Waals surface area (Å²) in [5.41, 5.74) is 4.17. The monoisotopic (exact) mass is 513 g/mol. The van der Waals surface area contributed by atoms with E-state index >= 15 is 0 Å². The maximum atomic E-state index is 7.57. The van der Waals surface area contributed by atoms with E-state index in [1.165, 1.54) is 27.5 Å². The van der Waals surface area contributed by atoms with Gasteiger partial charge < -0.3 is 10.2 Å². The van der Waals surface area contributed by atoms with Crippen LogP contribution in [0.25, 0.3) is 16.8 Å². The average molecular weight is 512 g/mol. The number of benzene rings is 2. The zero-order valence-electron chi connectivity index (χ0n) is 15.3. The molecule has 26 heavy (non-hydrogen) atoms. The maximum absolute atomic E-state index is 7.57. The first kappa shape index (κ1) is 22.6. The van der Waals surface area contributed by atoms with E-state index in [1.807, 2.05) is 0 Å². The second-order valence-corrected chi connectivity index (χ2v) is 6.16. The molecule has 0 bridgehead atoms. The van der Waals surface area contributed by atoms with Crippen LogP contribution in [0.5, 0.6) is 0 Å². The number of aliphatic hydroxyl groups is 2. The van der Waals surface area contributed by atoms with E-state index < -0.39 is 0 Å². The van der Waals surface area contributed by atoms with E-state index in [2.05, 4.69) is 86.7 Å². The molecule has 1 aliphatic rings. The number of fused-ring (bicyclic) bond motifs is 2. The van der Waals surface area contributed by atoms with Gasteiger partial charge in [0, 0.05) is 25.8 Å². The van der Waals surface area contributed by atoms with Crippen LogP contribution in [0.1, 0.15) is 36.5 Å². The molecular weight excluding hydrogens is 487 g/mol. The maximum Gasteiger partial charge on any atom is 0 e. The van der Waals surface area contributed by atoms with Gasteiger partial charge in [-0.3, -0.25) is 6.08 Å². The Bertz CT molecular complexity index is 768. The number of hydrogen-bond acceptors (Lipinski definition) is 2. The molecule has 0 heterocycles. The molecule has 0 amide bonds. The van der Waals surface area contributed by atoms with Crippen molar-refractivity contribution in [1.29, 1.82) is 0 Å². The molecule has 0 fully saturated rings. The average Bonchev–Trinajstić information content (AvgIpc) is 3.29. The largest absolute Gasteiger partial charge is 0.564 e. The second kappa shape index (κ2) is 12.1. The van der Waals surface area contributed by atoms with Gasteiger partial charge in [-0.2, -0.15) is 18.2 Å². The third kappa shape index (κ3) is 6.71. The van der Waals surface area contributed by atoms with Crippen molar-refractivity contribution in [3.8, 4) is 0 Å². The molecule has 0 saturated heterocycles. The van der Waals surface area contributed by atoms with Crippen LogP contribution < -0.4 is 0 Å². The molecule has 2 nitrogen and oxygen atoms in total. The van der Waals surface area contributed by atoms with Gasteiger partial charge in [0.2, 0.25) is 0 Å². The van der Waals surface area contributed by atoms with Crippen molar-refractivity contribution in [3.05, 3.63) is 90.0 Å². The fraction of sp³-hybridized carbons (Fsp3) is 0.217. The van der Waals surface area contributed by atoms with Crippen molar-refractivity contribution in [3.63, 3.8) is 0 Å². The topological polar surface area (TPSA) is 40.5 Å². The minimum absolute atomic E-state index is 0. The van der Waals surface area contributed by atoms with Gasteiger partial charge in [-0.15, -0.1) is 58.7 Å². The molecule has 2 N–H and O–H groups in total. The summed E-state index contributed by atoms with van der Waals surface area (Å²) >= 11 is 0. The van der Waals surface area contributed by atoms with Crippen molar-refractivity contribution in [1.82, 2.24) is 0 Å². The Hall–Kier alpha value is -1.42.